The summed E-state index contributed by atoms with van der Waals surface area (Å²) in [6.45, 7) is 4.75. The van der Waals surface area contributed by atoms with Crippen LogP contribution >= 0.6 is 37.2 Å². The van der Waals surface area contributed by atoms with E-state index in [1.54, 1.807) is 18.2 Å². The average molecular weight is 365 g/mol. The highest BCUT2D eigenvalue weighted by atomic mass is 35.5. The second kappa shape index (κ2) is 13.1. The minimum atomic E-state index is -0.144. The highest BCUT2D eigenvalue weighted by molar-refractivity contribution is 5.86. The van der Waals surface area contributed by atoms with Gasteiger partial charge in [-0.25, -0.2) is 0 Å². The highest BCUT2D eigenvalue weighted by Gasteiger charge is 2.19. The normalized spacial score (nSPS) is 9.29. The number of halogens is 3. The number of nitrogens with two attached hydrogens (primary N) is 3. The third kappa shape index (κ3) is 9.11. The minimum Gasteiger partial charge on any atom is -0.491 e. The van der Waals surface area contributed by atoms with Crippen molar-refractivity contribution >= 4 is 48.6 Å². The molecule has 128 valence electrons. The lowest BCUT2D eigenvalue weighted by Gasteiger charge is -2.26. The molecule has 0 saturated heterocycles. The first-order chi connectivity index (χ1) is 8.00. The van der Waals surface area contributed by atoms with Crippen LogP contribution in [0, 0.1) is 0 Å². The average Bonchev–Trinajstić information content (AvgIpc) is 2.33. The summed E-state index contributed by atoms with van der Waals surface area (Å²) in [6.07, 6.45) is 2.70. The van der Waals surface area contributed by atoms with Gasteiger partial charge in [-0.15, -0.1) is 37.2 Å². The fourth-order valence-corrected chi connectivity index (χ4v) is 1.64. The predicted molar refractivity (Wildman–Crippen MR) is 98.2 cm³/mol. The van der Waals surface area contributed by atoms with Crippen LogP contribution in [0.4, 0.5) is 11.4 Å². The fourth-order valence-electron chi connectivity index (χ4n) is 1.64. The van der Waals surface area contributed by atoms with Crippen LogP contribution in [0.1, 0.15) is 33.1 Å². The summed E-state index contributed by atoms with van der Waals surface area (Å²) >= 11 is 0. The fraction of sp³-hybridized carbons (Fsp3) is 0.538. The van der Waals surface area contributed by atoms with Gasteiger partial charge in [0.1, 0.15) is 5.75 Å². The van der Waals surface area contributed by atoms with Crippen molar-refractivity contribution in [2.75, 3.05) is 18.1 Å². The Labute approximate surface area is 145 Å². The monoisotopic (exact) mass is 363 g/mol. The summed E-state index contributed by atoms with van der Waals surface area (Å²) in [6, 6.07) is 5.25. The molecule has 5 nitrogen and oxygen atoms in total. The number of hydrogen-bond acceptors (Lipinski definition) is 4. The number of rotatable bonds is 6. The summed E-state index contributed by atoms with van der Waals surface area (Å²) in [4.78, 5) is 0. The van der Waals surface area contributed by atoms with Crippen molar-refractivity contribution in [1.82, 2.24) is 0 Å². The summed E-state index contributed by atoms with van der Waals surface area (Å²) in [7, 11) is 0. The Kier molecular flexibility index (Phi) is 17.8. The van der Waals surface area contributed by atoms with E-state index in [2.05, 4.69) is 13.8 Å². The van der Waals surface area contributed by atoms with E-state index in [1.807, 2.05) is 0 Å². The van der Waals surface area contributed by atoms with Crippen LogP contribution < -0.4 is 21.9 Å². The van der Waals surface area contributed by atoms with Crippen LogP contribution in [-0.2, 0) is 0 Å². The van der Waals surface area contributed by atoms with Gasteiger partial charge in [0.25, 0.3) is 0 Å². The molecule has 0 spiro atoms. The van der Waals surface area contributed by atoms with E-state index in [0.717, 1.165) is 19.3 Å². The molecule has 0 bridgehead atoms. The second-order valence-corrected chi connectivity index (χ2v) is 4.47. The van der Waals surface area contributed by atoms with E-state index in [0.29, 0.717) is 23.7 Å². The SMILES string of the molecule is CCC(N)(CC)CCOc1cc(N)ccc1N.Cl.Cl.Cl.O. The molecule has 8 N–H and O–H groups in total. The van der Waals surface area contributed by atoms with Crippen LogP contribution in [0.3, 0.4) is 0 Å². The molecule has 0 aliphatic heterocycles. The van der Waals surface area contributed by atoms with Gasteiger partial charge in [-0.3, -0.25) is 0 Å². The molecule has 8 heteroatoms. The second-order valence-electron chi connectivity index (χ2n) is 4.47. The van der Waals surface area contributed by atoms with E-state index in [-0.39, 0.29) is 48.2 Å². The van der Waals surface area contributed by atoms with Crippen molar-refractivity contribution in [2.45, 2.75) is 38.6 Å². The summed E-state index contributed by atoms with van der Waals surface area (Å²) < 4.78 is 5.63. The molecule has 0 heterocycles. The number of benzene rings is 1. The molecule has 0 amide bonds. The molecule has 0 atom stereocenters. The van der Waals surface area contributed by atoms with Gasteiger partial charge < -0.3 is 27.4 Å². The molecule has 21 heavy (non-hydrogen) atoms. The lowest BCUT2D eigenvalue weighted by molar-refractivity contribution is 0.248. The standard InChI is InChI=1S/C13H23N3O.3ClH.H2O/c1-3-13(16,4-2)7-8-17-12-9-10(14)5-6-11(12)15;;;;/h5-6,9H,3-4,7-8,14-16H2,1-2H3;3*1H;1H2. The maximum Gasteiger partial charge on any atom is 0.144 e. The maximum atomic E-state index is 6.19. The van der Waals surface area contributed by atoms with E-state index in [4.69, 9.17) is 21.9 Å². The third-order valence-electron chi connectivity index (χ3n) is 3.30. The van der Waals surface area contributed by atoms with Crippen LogP contribution in [-0.4, -0.2) is 17.6 Å². The van der Waals surface area contributed by atoms with E-state index in [9.17, 15) is 0 Å². The van der Waals surface area contributed by atoms with Gasteiger partial charge in [0.15, 0.2) is 0 Å². The molecular weight excluding hydrogens is 337 g/mol. The van der Waals surface area contributed by atoms with Crippen molar-refractivity contribution in [3.05, 3.63) is 18.2 Å². The van der Waals surface area contributed by atoms with Gasteiger partial charge in [0.05, 0.1) is 12.3 Å². The van der Waals surface area contributed by atoms with Gasteiger partial charge >= 0.3 is 0 Å². The molecule has 0 saturated carbocycles. The van der Waals surface area contributed by atoms with Crippen LogP contribution in [0.15, 0.2) is 18.2 Å². The van der Waals surface area contributed by atoms with Gasteiger partial charge in [0.2, 0.25) is 0 Å². The van der Waals surface area contributed by atoms with E-state index in [1.165, 1.54) is 0 Å². The number of ether oxygens (including phenoxy) is 1. The van der Waals surface area contributed by atoms with Crippen LogP contribution in [0.25, 0.3) is 0 Å². The van der Waals surface area contributed by atoms with Crippen molar-refractivity contribution in [3.8, 4) is 5.75 Å². The smallest absolute Gasteiger partial charge is 0.144 e. The quantitative estimate of drug-likeness (QED) is 0.672. The molecule has 1 aromatic carbocycles. The molecule has 0 aliphatic rings. The minimum absolute atomic E-state index is 0. The number of anilines is 2. The molecule has 1 aromatic rings. The first kappa shape index (κ1) is 28.6. The zero-order chi connectivity index (χ0) is 12.9. The lowest BCUT2D eigenvalue weighted by Crippen LogP contribution is -2.39. The molecular formula is C13H28Cl3N3O2. The summed E-state index contributed by atoms with van der Waals surface area (Å²) in [5.74, 6) is 0.638. The van der Waals surface area contributed by atoms with Gasteiger partial charge in [-0.2, -0.15) is 0 Å². The molecule has 0 aliphatic carbocycles. The molecule has 1 rings (SSSR count). The first-order valence-electron chi connectivity index (χ1n) is 6.07. The molecule has 0 aromatic heterocycles. The van der Waals surface area contributed by atoms with Crippen LogP contribution in [0.2, 0.25) is 0 Å². The summed E-state index contributed by atoms with van der Waals surface area (Å²) in [5.41, 5.74) is 18.8. The Bertz CT molecular complexity index is 378. The van der Waals surface area contributed by atoms with E-state index < -0.39 is 0 Å². The number of nitrogen functional groups attached to an aromatic ring is 2. The highest BCUT2D eigenvalue weighted by Crippen LogP contribution is 2.25. The maximum absolute atomic E-state index is 6.19. The number of hydrogen-bond donors (Lipinski definition) is 3. The van der Waals surface area contributed by atoms with Gasteiger partial charge in [-0.1, -0.05) is 13.8 Å². The van der Waals surface area contributed by atoms with Gasteiger partial charge in [0, 0.05) is 17.3 Å². The molecule has 0 fully saturated rings. The van der Waals surface area contributed by atoms with Crippen molar-refractivity contribution in [2.24, 2.45) is 5.73 Å². The zero-order valence-electron chi connectivity index (χ0n) is 12.4. The van der Waals surface area contributed by atoms with Crippen molar-refractivity contribution in [3.63, 3.8) is 0 Å². The Morgan fingerprint density at radius 2 is 1.57 bits per heavy atom. The third-order valence-corrected chi connectivity index (χ3v) is 3.30. The van der Waals surface area contributed by atoms with Crippen molar-refractivity contribution in [1.29, 1.82) is 0 Å². The largest absolute Gasteiger partial charge is 0.491 e. The zero-order valence-corrected chi connectivity index (χ0v) is 14.9. The molecule has 0 radical (unpaired) electrons. The van der Waals surface area contributed by atoms with Crippen molar-refractivity contribution < 1.29 is 10.2 Å². The van der Waals surface area contributed by atoms with Crippen LogP contribution in [0.5, 0.6) is 5.75 Å². The summed E-state index contributed by atoms with van der Waals surface area (Å²) in [5, 5.41) is 0. The Hall–Kier alpha value is -0.590. The Balaban J connectivity index is -0.000000361. The molecule has 0 unspecified atom stereocenters. The lowest BCUT2D eigenvalue weighted by atomic mass is 9.91. The Morgan fingerprint density at radius 1 is 1.05 bits per heavy atom. The van der Waals surface area contributed by atoms with Gasteiger partial charge in [-0.05, 0) is 31.4 Å². The Morgan fingerprint density at radius 3 is 2.05 bits per heavy atom. The van der Waals surface area contributed by atoms with E-state index >= 15 is 0 Å². The topological polar surface area (TPSA) is 119 Å². The predicted octanol–water partition coefficient (Wildman–Crippen LogP) is 2.58. The first-order valence-corrected chi connectivity index (χ1v) is 6.07.